The number of aliphatic hydroxyl groups is 1. The lowest BCUT2D eigenvalue weighted by Gasteiger charge is -2.46. The van der Waals surface area contributed by atoms with Crippen molar-refractivity contribution in [2.75, 3.05) is 27.2 Å². The van der Waals surface area contributed by atoms with Gasteiger partial charge in [0.2, 0.25) is 0 Å². The minimum atomic E-state index is -3.46. The Balaban J connectivity index is 2.42. The van der Waals surface area contributed by atoms with E-state index in [9.17, 15) is 6.48 Å². The average molecular weight is 332 g/mol. The molecule has 0 bridgehead atoms. The van der Waals surface area contributed by atoms with E-state index in [1.165, 1.54) is 0 Å². The van der Waals surface area contributed by atoms with Gasteiger partial charge in [0.1, 0.15) is 0 Å². The Labute approximate surface area is 156 Å². The molecule has 0 amide bonds. The highest BCUT2D eigenvalue weighted by Crippen LogP contribution is 2.43. The number of fused-ring (bicyclic) bond motifs is 3. The van der Waals surface area contributed by atoms with Gasteiger partial charge in [-0.1, -0.05) is 13.8 Å². The fourth-order valence-electron chi connectivity index (χ4n) is 2.77. The molecule has 1 fully saturated rings. The normalized spacial score (nSPS) is 49.6. The van der Waals surface area contributed by atoms with E-state index in [0.29, 0.717) is 0 Å². The second-order valence-electron chi connectivity index (χ2n) is 5.98. The van der Waals surface area contributed by atoms with Gasteiger partial charge < -0.3 is 14.6 Å². The molecular weight excluding hydrogens is 290 g/mol. The third-order valence-electron chi connectivity index (χ3n) is 3.81. The van der Waals surface area contributed by atoms with Crippen molar-refractivity contribution in [2.45, 2.75) is 45.2 Å². The van der Waals surface area contributed by atoms with Crippen molar-refractivity contribution in [1.82, 2.24) is 4.90 Å². The van der Waals surface area contributed by atoms with Crippen LogP contribution in [0.25, 0.3) is 0 Å². The molecule has 1 aromatic rings. The van der Waals surface area contributed by atoms with Gasteiger partial charge in [0.15, 0.2) is 11.5 Å². The molecular formula is C19H29NO3. The van der Waals surface area contributed by atoms with E-state index in [-0.39, 0.29) is 12.0 Å². The van der Waals surface area contributed by atoms with Gasteiger partial charge in [-0.05, 0) is 54.2 Å². The average Bonchev–Trinajstić information content (AvgIpc) is 2.68. The highest BCUT2D eigenvalue weighted by atomic mass is 16.5. The molecule has 0 aliphatic carbocycles. The summed E-state index contributed by atoms with van der Waals surface area (Å²) in [4.78, 5) is 0.724. The van der Waals surface area contributed by atoms with Gasteiger partial charge in [-0.3, -0.25) is 4.90 Å². The predicted molar refractivity (Wildman–Crippen MR) is 91.1 cm³/mol. The zero-order chi connectivity index (χ0) is 27.2. The first-order chi connectivity index (χ1) is 15.6. The van der Waals surface area contributed by atoms with Crippen molar-refractivity contribution in [2.24, 2.45) is 11.8 Å². The number of nitrogens with zero attached hydrogens (tertiary/aromatic N) is 1. The van der Waals surface area contributed by atoms with E-state index < -0.39 is 85.9 Å². The van der Waals surface area contributed by atoms with Gasteiger partial charge >= 0.3 is 0 Å². The molecule has 4 heteroatoms. The number of methoxy groups -OCH3 is 2. The van der Waals surface area contributed by atoms with E-state index in [1.807, 2.05) is 0 Å². The maximum atomic E-state index is 11.2. The van der Waals surface area contributed by atoms with Crippen LogP contribution in [0.15, 0.2) is 12.1 Å². The Bertz CT molecular complexity index is 1030. The van der Waals surface area contributed by atoms with Gasteiger partial charge in [0.25, 0.3) is 0 Å². The van der Waals surface area contributed by atoms with Crippen LogP contribution in [0.3, 0.4) is 0 Å². The number of benzene rings is 1. The van der Waals surface area contributed by atoms with Crippen molar-refractivity contribution < 1.29 is 31.0 Å². The van der Waals surface area contributed by atoms with Crippen LogP contribution >= 0.6 is 0 Å². The molecule has 0 saturated carbocycles. The summed E-state index contributed by atoms with van der Waals surface area (Å²) < 4.78 is 111. The number of rotatable bonds is 4. The summed E-state index contributed by atoms with van der Waals surface area (Å²) in [6, 6.07) is -4.25. The number of hydrogen-bond acceptors (Lipinski definition) is 4. The fourth-order valence-corrected chi connectivity index (χ4v) is 2.77. The molecule has 2 heterocycles. The number of hydrogen-bond donors (Lipinski definition) is 1. The van der Waals surface area contributed by atoms with Crippen molar-refractivity contribution in [3.8, 4) is 11.5 Å². The van der Waals surface area contributed by atoms with Crippen LogP contribution in [-0.4, -0.2) is 43.3 Å². The summed E-state index contributed by atoms with van der Waals surface area (Å²) in [5.74, 6) is -4.31. The summed E-state index contributed by atoms with van der Waals surface area (Å²) in [5, 5.41) is 11.2. The quantitative estimate of drug-likeness (QED) is 0.921. The molecule has 3 unspecified atom stereocenters. The molecule has 128 valence electrons. The summed E-state index contributed by atoms with van der Waals surface area (Å²) in [6.45, 7) is -0.0351. The number of piperidine rings is 1. The second-order valence-corrected chi connectivity index (χ2v) is 5.98. The third-order valence-corrected chi connectivity index (χ3v) is 3.81. The molecule has 1 N–H and O–H groups in total. The third kappa shape index (κ3) is 3.20. The second kappa shape index (κ2) is 6.70. The topological polar surface area (TPSA) is 41.9 Å². The molecule has 0 spiro atoms. The first-order valence-corrected chi connectivity index (χ1v) is 7.53. The smallest absolute Gasteiger partial charge is 0.161 e. The molecule has 3 atom stereocenters. The van der Waals surface area contributed by atoms with Crippen molar-refractivity contribution in [3.05, 3.63) is 23.2 Å². The molecule has 0 radical (unpaired) electrons. The maximum absolute atomic E-state index is 11.2. The van der Waals surface area contributed by atoms with E-state index in [1.54, 1.807) is 13.8 Å². The van der Waals surface area contributed by atoms with Gasteiger partial charge in [0, 0.05) is 25.9 Å². The summed E-state index contributed by atoms with van der Waals surface area (Å²) in [6.07, 6.45) is -7.41. The van der Waals surface area contributed by atoms with E-state index in [0.717, 1.165) is 12.0 Å². The Morgan fingerprint density at radius 2 is 2.26 bits per heavy atom. The monoisotopic (exact) mass is 331 g/mol. The molecule has 1 saturated heterocycles. The molecule has 1 aromatic carbocycles. The van der Waals surface area contributed by atoms with Gasteiger partial charge in [0.05, 0.1) is 29.8 Å². The Morgan fingerprint density at radius 1 is 1.48 bits per heavy atom. The molecule has 4 nitrogen and oxygen atoms in total. The minimum absolute atomic E-state index is 0.155. The Morgan fingerprint density at radius 3 is 2.96 bits per heavy atom. The Kier molecular flexibility index (Phi) is 2.13. The lowest BCUT2D eigenvalue weighted by molar-refractivity contribution is -0.0191. The van der Waals surface area contributed by atoms with Crippen LogP contribution in [-0.2, 0) is 6.42 Å². The van der Waals surface area contributed by atoms with Crippen LogP contribution in [0.1, 0.15) is 60.2 Å². The molecule has 2 aliphatic rings. The summed E-state index contributed by atoms with van der Waals surface area (Å²) >= 11 is 0. The van der Waals surface area contributed by atoms with Crippen molar-refractivity contribution in [1.29, 1.82) is 0 Å². The lowest BCUT2D eigenvalue weighted by Crippen LogP contribution is -2.48. The molecule has 3 rings (SSSR count). The zero-order valence-corrected chi connectivity index (χ0v) is 13.4. The van der Waals surface area contributed by atoms with Crippen molar-refractivity contribution in [3.63, 3.8) is 0 Å². The summed E-state index contributed by atoms with van der Waals surface area (Å²) in [7, 11) is -1.95. The SMILES string of the molecule is [2H]c1c2c(c([2H])c(OC)c1OC([2H])([2H])[2H])C1([2H])N(CC2)C([2H])([2H])C([2H])(CC(C)C)C([2H])(O)C1([2H])[2H]. The largest absolute Gasteiger partial charge is 0.493 e. The highest BCUT2D eigenvalue weighted by molar-refractivity contribution is 5.49. The van der Waals surface area contributed by atoms with Crippen LogP contribution in [0.2, 0.25) is 0 Å². The van der Waals surface area contributed by atoms with Gasteiger partial charge in [-0.15, -0.1) is 0 Å². The fraction of sp³-hybridized carbons (Fsp3) is 0.684. The highest BCUT2D eigenvalue weighted by Gasteiger charge is 2.38. The first kappa shape index (κ1) is 7.32. The predicted octanol–water partition coefficient (Wildman–Crippen LogP) is 3.03. The standard InChI is InChI=1S/C19H29NO3/c1-12(2)7-14-11-20-6-5-13-8-18(22-3)19(23-4)9-15(13)16(20)10-17(14)21/h8-9,12,14,16-17,21H,5-7,10-11H2,1-4H3/i3D3,8D,9D,10D2,11D2,14D,16D,17D. The van der Waals surface area contributed by atoms with E-state index in [4.69, 9.17) is 24.6 Å². The zero-order valence-electron chi connectivity index (χ0n) is 25.4. The van der Waals surface area contributed by atoms with Crippen molar-refractivity contribution >= 4 is 0 Å². The summed E-state index contributed by atoms with van der Waals surface area (Å²) in [5.41, 5.74) is -0.701. The minimum Gasteiger partial charge on any atom is -0.493 e. The van der Waals surface area contributed by atoms with E-state index >= 15 is 0 Å². The lowest BCUT2D eigenvalue weighted by atomic mass is 9.79. The van der Waals surface area contributed by atoms with Crippen LogP contribution in [0, 0.1) is 11.8 Å². The molecule has 0 aromatic heterocycles. The van der Waals surface area contributed by atoms with Gasteiger partial charge in [-0.25, -0.2) is 0 Å². The van der Waals surface area contributed by atoms with Crippen LogP contribution in [0.4, 0.5) is 0 Å². The Hall–Kier alpha value is -1.26. The van der Waals surface area contributed by atoms with Crippen LogP contribution < -0.4 is 9.47 Å². The first-order valence-electron chi connectivity index (χ1n) is 13.5. The van der Waals surface area contributed by atoms with Crippen LogP contribution in [0.5, 0.6) is 11.5 Å². The number of ether oxygens (including phenoxy) is 2. The van der Waals surface area contributed by atoms with E-state index in [2.05, 4.69) is 0 Å². The van der Waals surface area contributed by atoms with Gasteiger partial charge in [-0.2, -0.15) is 0 Å². The molecule has 23 heavy (non-hydrogen) atoms. The molecule has 2 aliphatic heterocycles. The maximum Gasteiger partial charge on any atom is 0.161 e.